The molecule has 0 aromatic carbocycles. The van der Waals surface area contributed by atoms with Crippen LogP contribution in [0.1, 0.15) is 41.1 Å². The quantitative estimate of drug-likeness (QED) is 0.240. The molecule has 1 rings (SSSR count). The van der Waals surface area contributed by atoms with Gasteiger partial charge in [0.1, 0.15) is 5.84 Å². The highest BCUT2D eigenvalue weighted by molar-refractivity contribution is 7.12. The fraction of sp³-hybridized carbons (Fsp3) is 0.583. The number of hydrogen-bond donors (Lipinski definition) is 3. The second-order valence-corrected chi connectivity index (χ2v) is 5.70. The van der Waals surface area contributed by atoms with Gasteiger partial charge in [0.15, 0.2) is 0 Å². The maximum absolute atomic E-state index is 8.40. The minimum Gasteiger partial charge on any atom is -0.409 e. The maximum Gasteiger partial charge on any atom is 0.139 e. The first-order chi connectivity index (χ1) is 8.04. The van der Waals surface area contributed by atoms with Crippen LogP contribution in [-0.4, -0.2) is 17.6 Å². The number of thiophene rings is 1. The summed E-state index contributed by atoms with van der Waals surface area (Å²) in [6.07, 6.45) is 1.50. The Hall–Kier alpha value is -1.07. The number of amidine groups is 1. The minimum atomic E-state index is 0.294. The molecule has 1 aromatic heterocycles. The molecule has 17 heavy (non-hydrogen) atoms. The van der Waals surface area contributed by atoms with E-state index in [2.05, 4.69) is 37.3 Å². The molecule has 0 saturated heterocycles. The fourth-order valence-electron chi connectivity index (χ4n) is 1.83. The van der Waals surface area contributed by atoms with Crippen LogP contribution < -0.4 is 11.1 Å². The summed E-state index contributed by atoms with van der Waals surface area (Å²) in [5, 5.41) is 14.8. The Kier molecular flexibility index (Phi) is 5.44. The number of rotatable bonds is 6. The molecular formula is C12H21N3OS. The van der Waals surface area contributed by atoms with Crippen LogP contribution in [0.2, 0.25) is 0 Å². The van der Waals surface area contributed by atoms with Crippen molar-refractivity contribution in [1.82, 2.24) is 5.32 Å². The molecule has 0 aliphatic carbocycles. The van der Waals surface area contributed by atoms with E-state index < -0.39 is 0 Å². The molecule has 0 saturated carbocycles. The van der Waals surface area contributed by atoms with E-state index in [1.807, 2.05) is 11.3 Å². The first-order valence-corrected chi connectivity index (χ1v) is 6.63. The molecule has 1 unspecified atom stereocenters. The van der Waals surface area contributed by atoms with E-state index in [0.717, 1.165) is 13.0 Å². The first-order valence-electron chi connectivity index (χ1n) is 5.81. The van der Waals surface area contributed by atoms with E-state index in [9.17, 15) is 0 Å². The number of hydrogen-bond acceptors (Lipinski definition) is 4. The summed E-state index contributed by atoms with van der Waals surface area (Å²) in [6.45, 7) is 7.32. The van der Waals surface area contributed by atoms with Gasteiger partial charge < -0.3 is 16.3 Å². The molecule has 0 amide bonds. The molecule has 0 aliphatic rings. The van der Waals surface area contributed by atoms with Crippen molar-refractivity contribution in [3.63, 3.8) is 0 Å². The van der Waals surface area contributed by atoms with Gasteiger partial charge in [-0.05, 0) is 45.4 Å². The summed E-state index contributed by atoms with van der Waals surface area (Å²) in [6, 6.07) is 2.59. The molecule has 4 nitrogen and oxygen atoms in total. The summed E-state index contributed by atoms with van der Waals surface area (Å²) in [5.41, 5.74) is 6.77. The van der Waals surface area contributed by atoms with Gasteiger partial charge in [0.25, 0.3) is 0 Å². The lowest BCUT2D eigenvalue weighted by Gasteiger charge is -2.13. The predicted octanol–water partition coefficient (Wildman–Crippen LogP) is 2.54. The number of nitrogens with two attached hydrogens (primary N) is 1. The summed E-state index contributed by atoms with van der Waals surface area (Å²) in [4.78, 5) is 2.72. The highest BCUT2D eigenvalue weighted by Gasteiger charge is 2.10. The zero-order valence-corrected chi connectivity index (χ0v) is 11.5. The first kappa shape index (κ1) is 14.0. The normalized spacial score (nSPS) is 13.9. The van der Waals surface area contributed by atoms with Crippen LogP contribution in [0.15, 0.2) is 11.2 Å². The third-order valence-corrected chi connectivity index (χ3v) is 3.72. The third-order valence-electron chi connectivity index (χ3n) is 2.73. The summed E-state index contributed by atoms with van der Waals surface area (Å²) < 4.78 is 0. The highest BCUT2D eigenvalue weighted by Crippen LogP contribution is 2.25. The Morgan fingerprint density at radius 3 is 2.82 bits per heavy atom. The van der Waals surface area contributed by atoms with E-state index in [-0.39, 0.29) is 0 Å². The largest absolute Gasteiger partial charge is 0.409 e. The molecule has 0 spiro atoms. The number of aryl methyl sites for hydroxylation is 2. The van der Waals surface area contributed by atoms with Crippen molar-refractivity contribution in [2.75, 3.05) is 6.54 Å². The van der Waals surface area contributed by atoms with Crippen LogP contribution >= 0.6 is 11.3 Å². The van der Waals surface area contributed by atoms with Gasteiger partial charge in [-0.15, -0.1) is 11.3 Å². The predicted molar refractivity (Wildman–Crippen MR) is 72.9 cm³/mol. The lowest BCUT2D eigenvalue weighted by molar-refractivity contribution is 0.316. The molecule has 0 bridgehead atoms. The van der Waals surface area contributed by atoms with Crippen molar-refractivity contribution in [3.8, 4) is 0 Å². The van der Waals surface area contributed by atoms with E-state index in [1.165, 1.54) is 15.3 Å². The van der Waals surface area contributed by atoms with Gasteiger partial charge >= 0.3 is 0 Å². The van der Waals surface area contributed by atoms with Crippen molar-refractivity contribution in [3.05, 3.63) is 21.4 Å². The number of nitrogens with one attached hydrogen (secondary N) is 1. The Bertz CT molecular complexity index is 387. The van der Waals surface area contributed by atoms with E-state index >= 15 is 0 Å². The van der Waals surface area contributed by atoms with Gasteiger partial charge in [-0.2, -0.15) is 0 Å². The van der Waals surface area contributed by atoms with Gasteiger partial charge in [-0.3, -0.25) is 0 Å². The Labute approximate surface area is 107 Å². The van der Waals surface area contributed by atoms with Crippen LogP contribution in [0.5, 0.6) is 0 Å². The smallest absolute Gasteiger partial charge is 0.139 e. The average Bonchev–Trinajstić information content (AvgIpc) is 2.63. The van der Waals surface area contributed by atoms with Crippen molar-refractivity contribution in [2.24, 2.45) is 10.9 Å². The zero-order chi connectivity index (χ0) is 12.8. The molecule has 0 aliphatic heterocycles. The van der Waals surface area contributed by atoms with Crippen LogP contribution in [0, 0.1) is 13.8 Å². The molecule has 4 N–H and O–H groups in total. The molecule has 1 heterocycles. The van der Waals surface area contributed by atoms with Crippen molar-refractivity contribution >= 4 is 17.2 Å². The molecule has 1 aromatic rings. The Balaban J connectivity index is 2.35. The molecule has 0 radical (unpaired) electrons. The monoisotopic (exact) mass is 255 g/mol. The van der Waals surface area contributed by atoms with Gasteiger partial charge in [0, 0.05) is 22.2 Å². The standard InChI is InChI=1S/C12H21N3OS/c1-8-7-11(10(3)17-8)9(2)14-6-4-5-12(13)15-16/h7,9,14,16H,4-6H2,1-3H3,(H2,13,15). The van der Waals surface area contributed by atoms with Crippen molar-refractivity contribution < 1.29 is 5.21 Å². The van der Waals surface area contributed by atoms with E-state index in [4.69, 9.17) is 10.9 Å². The lowest BCUT2D eigenvalue weighted by atomic mass is 10.1. The minimum absolute atomic E-state index is 0.294. The van der Waals surface area contributed by atoms with Crippen LogP contribution in [0.3, 0.4) is 0 Å². The summed E-state index contributed by atoms with van der Waals surface area (Å²) in [7, 11) is 0. The van der Waals surface area contributed by atoms with Gasteiger partial charge in [0.2, 0.25) is 0 Å². The van der Waals surface area contributed by atoms with E-state index in [1.54, 1.807) is 0 Å². The summed E-state index contributed by atoms with van der Waals surface area (Å²) >= 11 is 1.83. The second-order valence-electron chi connectivity index (χ2n) is 4.24. The molecule has 5 heteroatoms. The van der Waals surface area contributed by atoms with Gasteiger partial charge in [0.05, 0.1) is 0 Å². The van der Waals surface area contributed by atoms with Gasteiger partial charge in [-0.1, -0.05) is 5.16 Å². The molecule has 96 valence electrons. The lowest BCUT2D eigenvalue weighted by Crippen LogP contribution is -2.22. The topological polar surface area (TPSA) is 70.6 Å². The Morgan fingerprint density at radius 1 is 1.59 bits per heavy atom. The zero-order valence-electron chi connectivity index (χ0n) is 10.7. The summed E-state index contributed by atoms with van der Waals surface area (Å²) in [5.74, 6) is 0.294. The third kappa shape index (κ3) is 4.36. The van der Waals surface area contributed by atoms with Gasteiger partial charge in [-0.25, -0.2) is 0 Å². The Morgan fingerprint density at radius 2 is 2.29 bits per heavy atom. The van der Waals surface area contributed by atoms with Crippen LogP contribution in [-0.2, 0) is 0 Å². The number of oxime groups is 1. The fourth-order valence-corrected chi connectivity index (χ4v) is 2.85. The molecular weight excluding hydrogens is 234 g/mol. The van der Waals surface area contributed by atoms with E-state index in [0.29, 0.717) is 18.3 Å². The molecule has 1 atom stereocenters. The maximum atomic E-state index is 8.40. The average molecular weight is 255 g/mol. The molecule has 0 fully saturated rings. The number of nitrogens with zero attached hydrogens (tertiary/aromatic N) is 1. The van der Waals surface area contributed by atoms with Crippen molar-refractivity contribution in [1.29, 1.82) is 0 Å². The second kappa shape index (κ2) is 6.61. The highest BCUT2D eigenvalue weighted by atomic mass is 32.1. The van der Waals surface area contributed by atoms with Crippen LogP contribution in [0.25, 0.3) is 0 Å². The SMILES string of the molecule is Cc1cc(C(C)NCCCC(N)=NO)c(C)s1. The van der Waals surface area contributed by atoms with Crippen molar-refractivity contribution in [2.45, 2.75) is 39.7 Å². The van der Waals surface area contributed by atoms with Crippen LogP contribution in [0.4, 0.5) is 0 Å².